The van der Waals surface area contributed by atoms with E-state index in [1.165, 1.54) is 4.90 Å². The summed E-state index contributed by atoms with van der Waals surface area (Å²) < 4.78 is 5.36. The summed E-state index contributed by atoms with van der Waals surface area (Å²) in [6, 6.07) is 15.5. The maximum Gasteiger partial charge on any atom is 0.336 e. The molecule has 8 heteroatoms. The van der Waals surface area contributed by atoms with Gasteiger partial charge in [0.25, 0.3) is 0 Å². The normalized spacial score (nSPS) is 18.5. The van der Waals surface area contributed by atoms with Gasteiger partial charge < -0.3 is 19.4 Å². The Hall–Kier alpha value is -3.32. The second-order valence-electron chi connectivity index (χ2n) is 9.19. The van der Waals surface area contributed by atoms with Gasteiger partial charge in [0, 0.05) is 44.2 Å². The fourth-order valence-corrected chi connectivity index (χ4v) is 5.24. The summed E-state index contributed by atoms with van der Waals surface area (Å²) in [5.74, 6) is -1.16. The molecule has 1 fully saturated rings. The number of aryl methyl sites for hydroxylation is 1. The lowest BCUT2D eigenvalue weighted by Gasteiger charge is -2.38. The monoisotopic (exact) mass is 509 g/mol. The minimum Gasteiger partial charge on any atom is -0.463 e. The highest BCUT2D eigenvalue weighted by Gasteiger charge is 2.38. The van der Waals surface area contributed by atoms with Gasteiger partial charge in [-0.1, -0.05) is 53.6 Å². The molecule has 0 spiro atoms. The highest BCUT2D eigenvalue weighted by molar-refractivity contribution is 6.33. The van der Waals surface area contributed by atoms with Crippen LogP contribution in [0.4, 0.5) is 5.69 Å². The Morgan fingerprint density at radius 2 is 1.75 bits per heavy atom. The lowest BCUT2D eigenvalue weighted by Crippen LogP contribution is -2.52. The first kappa shape index (κ1) is 25.8. The number of amides is 2. The SMILES string of the molecule is CCOC(=O)C1=C(C)N(CC(=O)N2CCN(c3ccccc3Cl)CC2)C(=O)CC1c1cccc(C)c1. The van der Waals surface area contributed by atoms with Crippen molar-refractivity contribution in [3.05, 3.63) is 76.0 Å². The molecule has 1 unspecified atom stereocenters. The number of para-hydroxylation sites is 1. The number of carbonyl (C=O) groups excluding carboxylic acids is 3. The zero-order valence-electron chi connectivity index (χ0n) is 21.0. The van der Waals surface area contributed by atoms with Gasteiger partial charge in [-0.2, -0.15) is 0 Å². The van der Waals surface area contributed by atoms with E-state index in [2.05, 4.69) is 4.90 Å². The van der Waals surface area contributed by atoms with Gasteiger partial charge in [-0.3, -0.25) is 9.59 Å². The topological polar surface area (TPSA) is 70.2 Å². The predicted octanol–water partition coefficient (Wildman–Crippen LogP) is 4.15. The second kappa shape index (κ2) is 11.2. The van der Waals surface area contributed by atoms with Gasteiger partial charge in [0.2, 0.25) is 11.8 Å². The molecule has 2 aliphatic rings. The average Bonchev–Trinajstić information content (AvgIpc) is 2.86. The maximum absolute atomic E-state index is 13.2. The number of piperazine rings is 1. The van der Waals surface area contributed by atoms with Crippen molar-refractivity contribution in [1.82, 2.24) is 9.80 Å². The third-order valence-corrected chi connectivity index (χ3v) is 7.20. The molecule has 0 radical (unpaired) electrons. The first-order valence-corrected chi connectivity index (χ1v) is 12.7. The van der Waals surface area contributed by atoms with Crippen LogP contribution in [0.25, 0.3) is 0 Å². The van der Waals surface area contributed by atoms with Crippen LogP contribution in [0, 0.1) is 6.92 Å². The first-order valence-electron chi connectivity index (χ1n) is 12.3. The summed E-state index contributed by atoms with van der Waals surface area (Å²) in [5, 5.41) is 0.687. The number of anilines is 1. The minimum atomic E-state index is -0.445. The van der Waals surface area contributed by atoms with Gasteiger partial charge in [0.1, 0.15) is 6.54 Å². The van der Waals surface area contributed by atoms with Gasteiger partial charge in [0.15, 0.2) is 0 Å². The van der Waals surface area contributed by atoms with E-state index < -0.39 is 11.9 Å². The van der Waals surface area contributed by atoms with Crippen LogP contribution in [0.15, 0.2) is 59.8 Å². The number of carbonyl (C=O) groups is 3. The molecule has 190 valence electrons. The van der Waals surface area contributed by atoms with Crippen molar-refractivity contribution in [1.29, 1.82) is 0 Å². The molecule has 2 heterocycles. The molecular weight excluding hydrogens is 478 g/mol. The molecule has 2 aliphatic heterocycles. The standard InChI is InChI=1S/C28H32ClN3O4/c1-4-36-28(35)27-20(3)32(25(33)17-22(27)21-9-7-8-19(2)16-21)18-26(34)31-14-12-30(13-15-31)24-11-6-5-10-23(24)29/h5-11,16,22H,4,12-15,17-18H2,1-3H3. The maximum atomic E-state index is 13.2. The largest absolute Gasteiger partial charge is 0.463 e. The quantitative estimate of drug-likeness (QED) is 0.547. The van der Waals surface area contributed by atoms with Crippen LogP contribution in [0.2, 0.25) is 5.02 Å². The van der Waals surface area contributed by atoms with Gasteiger partial charge in [-0.05, 0) is 38.5 Å². The first-order chi connectivity index (χ1) is 17.3. The van der Waals surface area contributed by atoms with Crippen molar-refractivity contribution in [3.63, 3.8) is 0 Å². The van der Waals surface area contributed by atoms with E-state index in [0.29, 0.717) is 42.5 Å². The van der Waals surface area contributed by atoms with Crippen LogP contribution in [-0.2, 0) is 19.1 Å². The molecule has 0 aliphatic carbocycles. The summed E-state index contributed by atoms with van der Waals surface area (Å²) in [7, 11) is 0. The number of hydrogen-bond donors (Lipinski definition) is 0. The molecule has 0 bridgehead atoms. The van der Waals surface area contributed by atoms with E-state index in [0.717, 1.165) is 16.8 Å². The molecule has 0 saturated carbocycles. The number of rotatable bonds is 6. The van der Waals surface area contributed by atoms with Crippen molar-refractivity contribution in [2.45, 2.75) is 33.1 Å². The Balaban J connectivity index is 1.51. The predicted molar refractivity (Wildman–Crippen MR) is 140 cm³/mol. The van der Waals surface area contributed by atoms with Crippen molar-refractivity contribution < 1.29 is 19.1 Å². The van der Waals surface area contributed by atoms with Gasteiger partial charge in [0.05, 0.1) is 22.9 Å². The smallest absolute Gasteiger partial charge is 0.336 e. The van der Waals surface area contributed by atoms with Crippen LogP contribution in [0.3, 0.4) is 0 Å². The van der Waals surface area contributed by atoms with E-state index in [1.807, 2.05) is 55.5 Å². The number of hydrogen-bond acceptors (Lipinski definition) is 5. The zero-order valence-corrected chi connectivity index (χ0v) is 21.8. The Kier molecular flexibility index (Phi) is 7.99. The molecule has 1 atom stereocenters. The van der Waals surface area contributed by atoms with Crippen molar-refractivity contribution in [2.24, 2.45) is 0 Å². The Morgan fingerprint density at radius 3 is 2.42 bits per heavy atom. The van der Waals surface area contributed by atoms with E-state index in [4.69, 9.17) is 16.3 Å². The molecule has 2 aromatic rings. The number of halogens is 1. The van der Waals surface area contributed by atoms with Gasteiger partial charge in [-0.15, -0.1) is 0 Å². The fourth-order valence-electron chi connectivity index (χ4n) is 4.99. The van der Waals surface area contributed by atoms with Crippen molar-refractivity contribution >= 4 is 35.1 Å². The number of esters is 1. The molecule has 0 aromatic heterocycles. The summed E-state index contributed by atoms with van der Waals surface area (Å²) in [6.45, 7) is 7.98. The van der Waals surface area contributed by atoms with Crippen LogP contribution >= 0.6 is 11.6 Å². The third kappa shape index (κ3) is 5.41. The van der Waals surface area contributed by atoms with Crippen LogP contribution in [0.5, 0.6) is 0 Å². The Labute approximate surface area is 217 Å². The molecule has 7 nitrogen and oxygen atoms in total. The van der Waals surface area contributed by atoms with E-state index in [9.17, 15) is 14.4 Å². The number of nitrogens with zero attached hydrogens (tertiary/aromatic N) is 3. The van der Waals surface area contributed by atoms with Crippen LogP contribution in [-0.4, -0.2) is 66.9 Å². The summed E-state index contributed by atoms with van der Waals surface area (Å²) >= 11 is 6.33. The zero-order chi connectivity index (χ0) is 25.8. The lowest BCUT2D eigenvalue weighted by atomic mass is 9.83. The number of ether oxygens (including phenoxy) is 1. The summed E-state index contributed by atoms with van der Waals surface area (Å²) in [6.07, 6.45) is 0.114. The third-order valence-electron chi connectivity index (χ3n) is 6.88. The molecule has 0 N–H and O–H groups in total. The second-order valence-corrected chi connectivity index (χ2v) is 9.60. The molecular formula is C28H32ClN3O4. The summed E-state index contributed by atoms with van der Waals surface area (Å²) in [4.78, 5) is 44.8. The Morgan fingerprint density at radius 1 is 1.03 bits per heavy atom. The average molecular weight is 510 g/mol. The molecule has 4 rings (SSSR count). The highest BCUT2D eigenvalue weighted by atomic mass is 35.5. The van der Waals surface area contributed by atoms with Gasteiger partial charge in [-0.25, -0.2) is 4.79 Å². The minimum absolute atomic E-state index is 0.0970. The van der Waals surface area contributed by atoms with E-state index in [-0.39, 0.29) is 31.4 Å². The van der Waals surface area contributed by atoms with Crippen LogP contribution < -0.4 is 4.90 Å². The fraction of sp³-hybridized carbons (Fsp3) is 0.393. The molecule has 1 saturated heterocycles. The Bertz CT molecular complexity index is 1190. The summed E-state index contributed by atoms with van der Waals surface area (Å²) in [5.41, 5.74) is 3.83. The highest BCUT2D eigenvalue weighted by Crippen LogP contribution is 2.37. The van der Waals surface area contributed by atoms with Crippen LogP contribution in [0.1, 0.15) is 37.3 Å². The molecule has 36 heavy (non-hydrogen) atoms. The lowest BCUT2D eigenvalue weighted by molar-refractivity contribution is -0.142. The van der Waals surface area contributed by atoms with E-state index in [1.54, 1.807) is 18.7 Å². The molecule has 2 aromatic carbocycles. The van der Waals surface area contributed by atoms with Crippen molar-refractivity contribution in [3.8, 4) is 0 Å². The van der Waals surface area contributed by atoms with Gasteiger partial charge >= 0.3 is 5.97 Å². The number of allylic oxidation sites excluding steroid dienone is 1. The number of benzene rings is 2. The van der Waals surface area contributed by atoms with E-state index >= 15 is 0 Å². The molecule has 2 amide bonds. The van der Waals surface area contributed by atoms with Crippen molar-refractivity contribution in [2.75, 3.05) is 44.2 Å².